The van der Waals surface area contributed by atoms with E-state index in [0.29, 0.717) is 11.7 Å². The molecule has 1 saturated carbocycles. The van der Waals surface area contributed by atoms with E-state index in [1.54, 1.807) is 29.6 Å². The number of nitrogens with zero attached hydrogens (tertiary/aromatic N) is 8. The molecule has 10 heteroatoms. The number of methoxy groups -OCH3 is 1. The van der Waals surface area contributed by atoms with Crippen molar-refractivity contribution in [3.8, 4) is 5.69 Å². The summed E-state index contributed by atoms with van der Waals surface area (Å²) in [6.07, 6.45) is 6.14. The van der Waals surface area contributed by atoms with Gasteiger partial charge in [-0.2, -0.15) is 9.51 Å². The molecule has 4 heterocycles. The van der Waals surface area contributed by atoms with Gasteiger partial charge in [0.1, 0.15) is 18.1 Å². The SMILES string of the molecule is COC(c1cnnn1N1C=NC2c3ccccc3-n3c(cnc3F)N21)C1CC1. The van der Waals surface area contributed by atoms with Crippen LogP contribution in [0, 0.1) is 12.0 Å². The van der Waals surface area contributed by atoms with Crippen LogP contribution in [-0.4, -0.2) is 38.1 Å². The fourth-order valence-electron chi connectivity index (χ4n) is 4.09. The predicted octanol–water partition coefficient (Wildman–Crippen LogP) is 2.11. The van der Waals surface area contributed by atoms with E-state index >= 15 is 0 Å². The Morgan fingerprint density at radius 1 is 1.21 bits per heavy atom. The number of rotatable bonds is 4. The van der Waals surface area contributed by atoms with Crippen LogP contribution < -0.4 is 10.1 Å². The molecule has 0 radical (unpaired) electrons. The first-order valence-corrected chi connectivity index (χ1v) is 9.16. The zero-order valence-corrected chi connectivity index (χ0v) is 15.1. The molecule has 1 aliphatic carbocycles. The first kappa shape index (κ1) is 15.8. The number of anilines is 1. The molecular formula is C18H17FN8O. The molecule has 1 fully saturated rings. The molecule has 0 bridgehead atoms. The Balaban J connectivity index is 1.48. The van der Waals surface area contributed by atoms with Gasteiger partial charge >= 0.3 is 0 Å². The Morgan fingerprint density at radius 3 is 2.89 bits per heavy atom. The molecule has 1 aromatic carbocycles. The van der Waals surface area contributed by atoms with Crippen LogP contribution >= 0.6 is 0 Å². The number of hydrogen-bond donors (Lipinski definition) is 0. The maximum Gasteiger partial charge on any atom is 0.295 e. The summed E-state index contributed by atoms with van der Waals surface area (Å²) in [5, 5.41) is 12.0. The molecule has 0 amide bonds. The van der Waals surface area contributed by atoms with Crippen LogP contribution in [-0.2, 0) is 4.74 Å². The Labute approximate surface area is 159 Å². The highest BCUT2D eigenvalue weighted by Gasteiger charge is 2.42. The van der Waals surface area contributed by atoms with Crippen molar-refractivity contribution in [3.05, 3.63) is 54.0 Å². The van der Waals surface area contributed by atoms with Crippen LogP contribution in [0.5, 0.6) is 0 Å². The summed E-state index contributed by atoms with van der Waals surface area (Å²) in [7, 11) is 1.70. The van der Waals surface area contributed by atoms with Crippen molar-refractivity contribution in [2.45, 2.75) is 25.1 Å². The van der Waals surface area contributed by atoms with Crippen LogP contribution in [0.4, 0.5) is 10.2 Å². The number of halogens is 1. The normalized spacial score (nSPS) is 20.9. The van der Waals surface area contributed by atoms with Crippen LogP contribution in [0.25, 0.3) is 5.69 Å². The third kappa shape index (κ3) is 2.03. The van der Waals surface area contributed by atoms with E-state index in [1.165, 1.54) is 10.8 Å². The highest BCUT2D eigenvalue weighted by molar-refractivity contribution is 5.78. The maximum absolute atomic E-state index is 14.5. The van der Waals surface area contributed by atoms with Crippen LogP contribution in [0.15, 0.2) is 41.7 Å². The average Bonchev–Trinajstić information content (AvgIpc) is 3.11. The predicted molar refractivity (Wildman–Crippen MR) is 97.9 cm³/mol. The third-order valence-electron chi connectivity index (χ3n) is 5.50. The van der Waals surface area contributed by atoms with Gasteiger partial charge in [-0.05, 0) is 30.0 Å². The fourth-order valence-corrected chi connectivity index (χ4v) is 4.09. The van der Waals surface area contributed by atoms with E-state index in [-0.39, 0.29) is 12.3 Å². The topological polar surface area (TPSA) is 76.6 Å². The summed E-state index contributed by atoms with van der Waals surface area (Å²) in [6.45, 7) is 0. The minimum atomic E-state index is -0.570. The Morgan fingerprint density at radius 2 is 2.07 bits per heavy atom. The van der Waals surface area contributed by atoms with Gasteiger partial charge in [0.2, 0.25) is 0 Å². The summed E-state index contributed by atoms with van der Waals surface area (Å²) < 4.78 is 21.7. The van der Waals surface area contributed by atoms with Crippen molar-refractivity contribution in [1.82, 2.24) is 24.7 Å². The summed E-state index contributed by atoms with van der Waals surface area (Å²) in [5.74, 6) is 1.03. The van der Waals surface area contributed by atoms with Gasteiger partial charge in [0, 0.05) is 12.7 Å². The molecule has 2 aliphatic heterocycles. The van der Waals surface area contributed by atoms with E-state index in [4.69, 9.17) is 4.74 Å². The average molecular weight is 380 g/mol. The minimum Gasteiger partial charge on any atom is -0.375 e. The van der Waals surface area contributed by atoms with E-state index in [1.807, 2.05) is 29.3 Å². The fraction of sp³-hybridized carbons (Fsp3) is 0.333. The van der Waals surface area contributed by atoms with Gasteiger partial charge in [-0.3, -0.25) is 4.57 Å². The molecule has 28 heavy (non-hydrogen) atoms. The number of fused-ring (bicyclic) bond motifs is 6. The molecule has 2 aromatic heterocycles. The lowest BCUT2D eigenvalue weighted by Crippen LogP contribution is -2.50. The van der Waals surface area contributed by atoms with Gasteiger partial charge in [0.25, 0.3) is 6.08 Å². The summed E-state index contributed by atoms with van der Waals surface area (Å²) >= 11 is 0. The highest BCUT2D eigenvalue weighted by atomic mass is 19.1. The third-order valence-corrected chi connectivity index (χ3v) is 5.50. The second-order valence-electron chi connectivity index (χ2n) is 7.12. The number of hydrazine groups is 1. The number of aliphatic imine (C=N–C) groups is 1. The minimum absolute atomic E-state index is 0.0961. The number of aromatic nitrogens is 5. The quantitative estimate of drug-likeness (QED) is 0.690. The molecule has 0 N–H and O–H groups in total. The van der Waals surface area contributed by atoms with Crippen molar-refractivity contribution < 1.29 is 9.13 Å². The lowest BCUT2D eigenvalue weighted by atomic mass is 10.1. The van der Waals surface area contributed by atoms with Crippen molar-refractivity contribution in [3.63, 3.8) is 0 Å². The summed E-state index contributed by atoms with van der Waals surface area (Å²) in [5.41, 5.74) is 2.46. The zero-order chi connectivity index (χ0) is 18.8. The number of benzene rings is 1. The standard InChI is InChI=1S/C18H17FN8O/c1-28-16(11-6-7-11)14-8-22-23-27(14)24-10-21-17-12-4-2-3-5-13(12)25-15(26(17)24)9-20-18(25)19/h2-5,8-11,16-17H,6-7H2,1H3. The Hall–Kier alpha value is -3.27. The van der Waals surface area contributed by atoms with Crippen molar-refractivity contribution >= 4 is 12.2 Å². The van der Waals surface area contributed by atoms with E-state index in [9.17, 15) is 4.39 Å². The molecule has 3 aliphatic rings. The van der Waals surface area contributed by atoms with E-state index < -0.39 is 6.08 Å². The van der Waals surface area contributed by atoms with Gasteiger partial charge < -0.3 is 4.74 Å². The molecule has 2 atom stereocenters. The van der Waals surface area contributed by atoms with Crippen molar-refractivity contribution in [1.29, 1.82) is 0 Å². The molecule has 6 rings (SSSR count). The van der Waals surface area contributed by atoms with E-state index in [0.717, 1.165) is 29.8 Å². The second-order valence-corrected chi connectivity index (χ2v) is 7.12. The molecule has 0 saturated heterocycles. The van der Waals surface area contributed by atoms with E-state index in [2.05, 4.69) is 20.3 Å². The molecule has 142 valence electrons. The first-order chi connectivity index (χ1) is 13.8. The lowest BCUT2D eigenvalue weighted by Gasteiger charge is -2.37. The largest absolute Gasteiger partial charge is 0.375 e. The smallest absolute Gasteiger partial charge is 0.295 e. The van der Waals surface area contributed by atoms with Crippen LogP contribution in [0.3, 0.4) is 0 Å². The molecule has 2 unspecified atom stereocenters. The van der Waals surface area contributed by atoms with Crippen LogP contribution in [0.2, 0.25) is 0 Å². The van der Waals surface area contributed by atoms with Gasteiger partial charge in [-0.25, -0.2) is 15.0 Å². The van der Waals surface area contributed by atoms with Gasteiger partial charge in [-0.15, -0.1) is 9.89 Å². The van der Waals surface area contributed by atoms with Gasteiger partial charge in [-0.1, -0.05) is 18.2 Å². The number of ether oxygens (including phenoxy) is 1. The molecule has 9 nitrogen and oxygen atoms in total. The maximum atomic E-state index is 14.5. The second kappa shape index (κ2) is 5.61. The van der Waals surface area contributed by atoms with Gasteiger partial charge in [0.05, 0.1) is 18.1 Å². The summed E-state index contributed by atoms with van der Waals surface area (Å²) in [4.78, 5) is 10.2. The zero-order valence-electron chi connectivity index (χ0n) is 15.1. The van der Waals surface area contributed by atoms with Crippen molar-refractivity contribution in [2.24, 2.45) is 10.9 Å². The Kier molecular flexibility index (Phi) is 3.16. The van der Waals surface area contributed by atoms with Crippen molar-refractivity contribution in [2.75, 3.05) is 17.2 Å². The van der Waals surface area contributed by atoms with Gasteiger partial charge in [0.15, 0.2) is 12.0 Å². The molecule has 0 spiro atoms. The number of hydrogen-bond acceptors (Lipinski definition) is 7. The molecule has 3 aromatic rings. The van der Waals surface area contributed by atoms with Crippen LogP contribution in [0.1, 0.15) is 36.4 Å². The number of imidazole rings is 1. The molecular weight excluding hydrogens is 363 g/mol. The lowest BCUT2D eigenvalue weighted by molar-refractivity contribution is 0.0770. The number of para-hydroxylation sites is 1. The highest BCUT2D eigenvalue weighted by Crippen LogP contribution is 2.44. The Bertz CT molecular complexity index is 1090. The monoisotopic (exact) mass is 380 g/mol. The summed E-state index contributed by atoms with van der Waals surface area (Å²) in [6, 6.07) is 7.61. The first-order valence-electron chi connectivity index (χ1n) is 9.16.